The highest BCUT2D eigenvalue weighted by Gasteiger charge is 2.28. The van der Waals surface area contributed by atoms with Crippen LogP contribution in [0.4, 0.5) is 0 Å². The van der Waals surface area contributed by atoms with Crippen LogP contribution in [0.5, 0.6) is 11.5 Å². The molecule has 3 rings (SSSR count). The van der Waals surface area contributed by atoms with Crippen LogP contribution >= 0.6 is 0 Å². The third kappa shape index (κ3) is 5.59. The van der Waals surface area contributed by atoms with Gasteiger partial charge in [0, 0.05) is 11.5 Å². The van der Waals surface area contributed by atoms with Gasteiger partial charge in [0.1, 0.15) is 11.5 Å². The molecule has 3 nitrogen and oxygen atoms in total. The number of hydrogen-bond acceptors (Lipinski definition) is 3. The van der Waals surface area contributed by atoms with E-state index in [2.05, 4.69) is 27.7 Å². The Balaban J connectivity index is 0.000000380. The normalized spacial score (nSPS) is 16.1. The predicted molar refractivity (Wildman–Crippen MR) is 111 cm³/mol. The van der Waals surface area contributed by atoms with E-state index in [0.717, 1.165) is 41.0 Å². The molecule has 0 bridgehead atoms. The van der Waals surface area contributed by atoms with Gasteiger partial charge in [-0.3, -0.25) is 4.79 Å². The van der Waals surface area contributed by atoms with E-state index in [1.54, 1.807) is 14.2 Å². The minimum atomic E-state index is -0.0585. The molecule has 1 aliphatic rings. The van der Waals surface area contributed by atoms with E-state index in [1.165, 1.54) is 6.42 Å². The van der Waals surface area contributed by atoms with Crippen molar-refractivity contribution in [3.05, 3.63) is 59.2 Å². The second-order valence-electron chi connectivity index (χ2n) is 8.17. The number of ether oxygens (including phenoxy) is 2. The summed E-state index contributed by atoms with van der Waals surface area (Å²) in [7, 11) is 3.29. The summed E-state index contributed by atoms with van der Waals surface area (Å²) in [5.41, 5.74) is 3.51. The van der Waals surface area contributed by atoms with Crippen molar-refractivity contribution < 1.29 is 14.3 Å². The molecule has 2 aromatic carbocycles. The van der Waals surface area contributed by atoms with Gasteiger partial charge in [0.05, 0.1) is 14.2 Å². The molecule has 0 aromatic heterocycles. The van der Waals surface area contributed by atoms with Crippen LogP contribution in [0.2, 0.25) is 0 Å². The summed E-state index contributed by atoms with van der Waals surface area (Å²) in [5, 5.41) is 0. The summed E-state index contributed by atoms with van der Waals surface area (Å²) in [5.74, 6) is 1.76. The Hall–Kier alpha value is -2.29. The molecular formula is C24H32O3. The average molecular weight is 369 g/mol. The summed E-state index contributed by atoms with van der Waals surface area (Å²) in [6, 6.07) is 13.5. The molecule has 1 atom stereocenters. The van der Waals surface area contributed by atoms with Crippen molar-refractivity contribution in [3.8, 4) is 11.5 Å². The summed E-state index contributed by atoms with van der Waals surface area (Å²) in [6.45, 7) is 8.94. The monoisotopic (exact) mass is 368 g/mol. The first-order chi connectivity index (χ1) is 12.8. The van der Waals surface area contributed by atoms with Gasteiger partial charge in [-0.1, -0.05) is 46.2 Å². The highest BCUT2D eigenvalue weighted by Crippen LogP contribution is 2.34. The maximum Gasteiger partial charge on any atom is 0.170 e. The van der Waals surface area contributed by atoms with Crippen molar-refractivity contribution in [2.24, 2.45) is 5.41 Å². The highest BCUT2D eigenvalue weighted by atomic mass is 16.5. The number of carbonyl (C=O) groups excluding carboxylic acids is 1. The number of rotatable bonds is 3. The molecule has 0 saturated heterocycles. The number of carbonyl (C=O) groups is 1. The number of hydrogen-bond donors (Lipinski definition) is 0. The van der Waals surface area contributed by atoms with Gasteiger partial charge >= 0.3 is 0 Å². The zero-order valence-corrected chi connectivity index (χ0v) is 17.5. The summed E-state index contributed by atoms with van der Waals surface area (Å²) in [4.78, 5) is 12.7. The number of methoxy groups -OCH3 is 2. The van der Waals surface area contributed by atoms with Crippen molar-refractivity contribution in [1.29, 1.82) is 0 Å². The fourth-order valence-corrected chi connectivity index (χ4v) is 2.92. The molecular weight excluding hydrogens is 336 g/mol. The van der Waals surface area contributed by atoms with E-state index >= 15 is 0 Å². The fourth-order valence-electron chi connectivity index (χ4n) is 2.92. The van der Waals surface area contributed by atoms with E-state index < -0.39 is 0 Å². The first kappa shape index (κ1) is 21.0. The third-order valence-electron chi connectivity index (χ3n) is 5.18. The molecule has 0 heterocycles. The molecule has 3 heteroatoms. The number of aryl methyl sites for hydroxylation is 1. The SMILES string of the molecule is CCC(C)(C)C.COc1ccc(C2CCc3cc(OC)ccc3C2=O)cc1. The molecule has 0 spiro atoms. The Bertz CT molecular complexity index is 754. The molecule has 0 aliphatic heterocycles. The van der Waals surface area contributed by atoms with E-state index in [4.69, 9.17) is 9.47 Å². The molecule has 0 amide bonds. The Kier molecular flexibility index (Phi) is 7.06. The van der Waals surface area contributed by atoms with Crippen molar-refractivity contribution in [2.45, 2.75) is 52.9 Å². The number of Topliss-reactive ketones (excluding diaryl/α,β-unsaturated/α-hetero) is 1. The second-order valence-corrected chi connectivity index (χ2v) is 8.17. The standard InChI is InChI=1S/C18H18O3.C6H14/c1-20-14-6-3-12(4-7-14)16-9-5-13-11-15(21-2)8-10-17(13)18(16)19;1-5-6(2,3)4/h3-4,6-8,10-11,16H,5,9H2,1-2H3;5H2,1-4H3. The lowest BCUT2D eigenvalue weighted by atomic mass is 9.79. The molecule has 0 radical (unpaired) electrons. The summed E-state index contributed by atoms with van der Waals surface area (Å²) in [6.07, 6.45) is 3.01. The van der Waals surface area contributed by atoms with Crippen LogP contribution in [0.15, 0.2) is 42.5 Å². The van der Waals surface area contributed by atoms with Crippen molar-refractivity contribution in [3.63, 3.8) is 0 Å². The summed E-state index contributed by atoms with van der Waals surface area (Å²) >= 11 is 0. The van der Waals surface area contributed by atoms with Crippen LogP contribution < -0.4 is 9.47 Å². The maximum atomic E-state index is 12.7. The van der Waals surface area contributed by atoms with Gasteiger partial charge in [-0.15, -0.1) is 0 Å². The van der Waals surface area contributed by atoms with Crippen molar-refractivity contribution in [1.82, 2.24) is 0 Å². The molecule has 146 valence electrons. The Morgan fingerprint density at radius 2 is 1.52 bits per heavy atom. The van der Waals surface area contributed by atoms with Crippen LogP contribution in [0, 0.1) is 5.41 Å². The minimum absolute atomic E-state index is 0.0585. The van der Waals surface area contributed by atoms with E-state index in [1.807, 2.05) is 42.5 Å². The zero-order chi connectivity index (χ0) is 20.0. The van der Waals surface area contributed by atoms with E-state index in [-0.39, 0.29) is 11.7 Å². The summed E-state index contributed by atoms with van der Waals surface area (Å²) < 4.78 is 10.4. The van der Waals surface area contributed by atoms with Crippen LogP contribution in [0.25, 0.3) is 0 Å². The van der Waals surface area contributed by atoms with E-state index in [0.29, 0.717) is 5.41 Å². The fraction of sp³-hybridized carbons (Fsp3) is 0.458. The van der Waals surface area contributed by atoms with Gasteiger partial charge in [0.2, 0.25) is 0 Å². The molecule has 27 heavy (non-hydrogen) atoms. The van der Waals surface area contributed by atoms with Gasteiger partial charge in [-0.2, -0.15) is 0 Å². The molecule has 1 aliphatic carbocycles. The maximum absolute atomic E-state index is 12.7. The van der Waals surface area contributed by atoms with Crippen molar-refractivity contribution in [2.75, 3.05) is 14.2 Å². The number of ketones is 1. The van der Waals surface area contributed by atoms with Gasteiger partial charge in [-0.05, 0) is 59.7 Å². The van der Waals surface area contributed by atoms with Gasteiger partial charge < -0.3 is 9.47 Å². The largest absolute Gasteiger partial charge is 0.497 e. The Morgan fingerprint density at radius 1 is 0.963 bits per heavy atom. The quantitative estimate of drug-likeness (QED) is 0.660. The molecule has 0 saturated carbocycles. The smallest absolute Gasteiger partial charge is 0.170 e. The zero-order valence-electron chi connectivity index (χ0n) is 17.5. The van der Waals surface area contributed by atoms with Crippen LogP contribution in [-0.2, 0) is 6.42 Å². The molecule has 0 fully saturated rings. The highest BCUT2D eigenvalue weighted by molar-refractivity contribution is 6.03. The lowest BCUT2D eigenvalue weighted by Gasteiger charge is -2.24. The Morgan fingerprint density at radius 3 is 2.04 bits per heavy atom. The lowest BCUT2D eigenvalue weighted by molar-refractivity contribution is 0.0946. The number of benzene rings is 2. The molecule has 1 unspecified atom stereocenters. The van der Waals surface area contributed by atoms with Crippen LogP contribution in [0.1, 0.15) is 67.9 Å². The third-order valence-corrected chi connectivity index (χ3v) is 5.18. The van der Waals surface area contributed by atoms with E-state index in [9.17, 15) is 4.79 Å². The first-order valence-electron chi connectivity index (χ1n) is 9.64. The van der Waals surface area contributed by atoms with Gasteiger partial charge in [0.25, 0.3) is 0 Å². The van der Waals surface area contributed by atoms with Crippen LogP contribution in [-0.4, -0.2) is 20.0 Å². The average Bonchev–Trinajstić information content (AvgIpc) is 2.68. The second kappa shape index (κ2) is 9.07. The lowest BCUT2D eigenvalue weighted by Crippen LogP contribution is -2.20. The topological polar surface area (TPSA) is 35.5 Å². The minimum Gasteiger partial charge on any atom is -0.497 e. The van der Waals surface area contributed by atoms with Crippen molar-refractivity contribution >= 4 is 5.78 Å². The Labute approximate surface area is 163 Å². The first-order valence-corrected chi connectivity index (χ1v) is 9.64. The van der Waals surface area contributed by atoms with Gasteiger partial charge in [0.15, 0.2) is 5.78 Å². The molecule has 2 aromatic rings. The molecule has 0 N–H and O–H groups in total. The van der Waals surface area contributed by atoms with Gasteiger partial charge in [-0.25, -0.2) is 0 Å². The predicted octanol–water partition coefficient (Wildman–Crippen LogP) is 6.06. The van der Waals surface area contributed by atoms with Crippen LogP contribution in [0.3, 0.4) is 0 Å². The number of fused-ring (bicyclic) bond motifs is 1.